The van der Waals surface area contributed by atoms with Crippen molar-refractivity contribution in [3.63, 3.8) is 0 Å². The quantitative estimate of drug-likeness (QED) is 0.298. The molecule has 0 radical (unpaired) electrons. The average Bonchev–Trinajstić information content (AvgIpc) is 3.18. The maximum atomic E-state index is 6.25. The van der Waals surface area contributed by atoms with Gasteiger partial charge in [-0.05, 0) is 54.6 Å². The van der Waals surface area contributed by atoms with E-state index in [9.17, 15) is 0 Å². The van der Waals surface area contributed by atoms with Gasteiger partial charge in [0.2, 0.25) is 0 Å². The van der Waals surface area contributed by atoms with E-state index in [2.05, 4.69) is 15.3 Å². The molecule has 162 valence electrons. The SMILES string of the molecule is COc1ccc(-c2cc(-c3ccccc3)n3nc(N)c(N=Nc4ccc(Cl)cc4)c3n2)cc1. The van der Waals surface area contributed by atoms with Gasteiger partial charge in [0.15, 0.2) is 17.2 Å². The molecule has 0 unspecified atom stereocenters. The number of nitrogens with two attached hydrogens (primary N) is 1. The lowest BCUT2D eigenvalue weighted by molar-refractivity contribution is 0.415. The topological polar surface area (TPSA) is 90.2 Å². The first kappa shape index (κ1) is 20.7. The van der Waals surface area contributed by atoms with E-state index in [0.29, 0.717) is 22.0 Å². The van der Waals surface area contributed by atoms with Crippen LogP contribution in [0.4, 0.5) is 17.2 Å². The second kappa shape index (κ2) is 8.72. The van der Waals surface area contributed by atoms with Crippen molar-refractivity contribution in [2.45, 2.75) is 0 Å². The normalized spacial score (nSPS) is 11.3. The Morgan fingerprint density at radius 1 is 0.879 bits per heavy atom. The summed E-state index contributed by atoms with van der Waals surface area (Å²) in [7, 11) is 1.64. The Morgan fingerprint density at radius 3 is 2.30 bits per heavy atom. The fraction of sp³-hybridized carbons (Fsp3) is 0.0400. The van der Waals surface area contributed by atoms with Gasteiger partial charge in [0, 0.05) is 16.1 Å². The Balaban J connectivity index is 1.70. The lowest BCUT2D eigenvalue weighted by Crippen LogP contribution is -1.98. The number of nitrogen functional groups attached to an aromatic ring is 1. The van der Waals surface area contributed by atoms with Gasteiger partial charge >= 0.3 is 0 Å². The molecule has 0 fully saturated rings. The highest BCUT2D eigenvalue weighted by molar-refractivity contribution is 6.30. The number of halogens is 1. The zero-order valence-corrected chi connectivity index (χ0v) is 18.4. The zero-order valence-electron chi connectivity index (χ0n) is 17.7. The molecular weight excluding hydrogens is 436 g/mol. The lowest BCUT2D eigenvalue weighted by atomic mass is 10.1. The molecule has 5 rings (SSSR count). The van der Waals surface area contributed by atoms with E-state index < -0.39 is 0 Å². The molecule has 0 aliphatic carbocycles. The highest BCUT2D eigenvalue weighted by Crippen LogP contribution is 2.34. The molecule has 7 nitrogen and oxygen atoms in total. The minimum absolute atomic E-state index is 0.240. The Labute approximate surface area is 195 Å². The number of nitrogens with zero attached hydrogens (tertiary/aromatic N) is 5. The third-order valence-electron chi connectivity index (χ3n) is 5.14. The molecule has 0 amide bonds. The molecule has 0 aliphatic rings. The van der Waals surface area contributed by atoms with Gasteiger partial charge in [0.05, 0.1) is 24.2 Å². The van der Waals surface area contributed by atoms with Crippen molar-refractivity contribution >= 4 is 34.4 Å². The number of aromatic nitrogens is 3. The van der Waals surface area contributed by atoms with E-state index in [1.807, 2.05) is 60.7 Å². The lowest BCUT2D eigenvalue weighted by Gasteiger charge is -2.09. The first-order valence-electron chi connectivity index (χ1n) is 10.2. The van der Waals surface area contributed by atoms with Crippen LogP contribution in [-0.2, 0) is 0 Å². The van der Waals surface area contributed by atoms with Crippen LogP contribution in [0.3, 0.4) is 0 Å². The van der Waals surface area contributed by atoms with Crippen LogP contribution in [0.5, 0.6) is 5.75 Å². The summed E-state index contributed by atoms with van der Waals surface area (Å²) in [5.41, 5.74) is 11.3. The van der Waals surface area contributed by atoms with Crippen LogP contribution in [0.2, 0.25) is 5.02 Å². The summed E-state index contributed by atoms with van der Waals surface area (Å²) in [6.45, 7) is 0. The van der Waals surface area contributed by atoms with Crippen molar-refractivity contribution in [1.29, 1.82) is 0 Å². The van der Waals surface area contributed by atoms with E-state index in [-0.39, 0.29) is 5.82 Å². The second-order valence-electron chi connectivity index (χ2n) is 7.27. The van der Waals surface area contributed by atoms with Gasteiger partial charge in [-0.25, -0.2) is 9.50 Å². The van der Waals surface area contributed by atoms with Crippen molar-refractivity contribution < 1.29 is 4.74 Å². The third kappa shape index (κ3) is 4.14. The molecule has 5 aromatic rings. The Morgan fingerprint density at radius 2 is 1.61 bits per heavy atom. The fourth-order valence-corrected chi connectivity index (χ4v) is 3.58. The summed E-state index contributed by atoms with van der Waals surface area (Å²) in [5, 5.41) is 13.8. The Kier molecular flexibility index (Phi) is 5.46. The van der Waals surface area contributed by atoms with Gasteiger partial charge in [0.25, 0.3) is 0 Å². The number of methoxy groups -OCH3 is 1. The summed E-state index contributed by atoms with van der Waals surface area (Å²) in [6, 6.07) is 26.7. The van der Waals surface area contributed by atoms with Crippen molar-refractivity contribution in [1.82, 2.24) is 14.6 Å². The highest BCUT2D eigenvalue weighted by Gasteiger charge is 2.18. The Bertz CT molecular complexity index is 1450. The second-order valence-corrected chi connectivity index (χ2v) is 7.70. The van der Waals surface area contributed by atoms with Gasteiger partial charge in [0.1, 0.15) is 5.75 Å². The maximum absolute atomic E-state index is 6.25. The average molecular weight is 455 g/mol. The minimum Gasteiger partial charge on any atom is -0.497 e. The maximum Gasteiger partial charge on any atom is 0.186 e. The number of hydrogen-bond acceptors (Lipinski definition) is 6. The van der Waals surface area contributed by atoms with Gasteiger partial charge in [-0.15, -0.1) is 10.2 Å². The predicted octanol–water partition coefficient (Wildman–Crippen LogP) is 6.72. The van der Waals surface area contributed by atoms with Gasteiger partial charge in [-0.2, -0.15) is 5.11 Å². The molecule has 2 aromatic heterocycles. The zero-order chi connectivity index (χ0) is 22.8. The van der Waals surface area contributed by atoms with Gasteiger partial charge < -0.3 is 10.5 Å². The molecule has 2 N–H and O–H groups in total. The number of hydrogen-bond donors (Lipinski definition) is 1. The van der Waals surface area contributed by atoms with Crippen LogP contribution in [0, 0.1) is 0 Å². The summed E-state index contributed by atoms with van der Waals surface area (Å²) in [4.78, 5) is 4.84. The molecule has 0 bridgehead atoms. The van der Waals surface area contributed by atoms with E-state index in [0.717, 1.165) is 28.3 Å². The van der Waals surface area contributed by atoms with E-state index >= 15 is 0 Å². The van der Waals surface area contributed by atoms with Crippen LogP contribution >= 0.6 is 11.6 Å². The molecular formula is C25H19ClN6O. The monoisotopic (exact) mass is 454 g/mol. The van der Waals surface area contributed by atoms with Crippen LogP contribution < -0.4 is 10.5 Å². The molecule has 33 heavy (non-hydrogen) atoms. The number of ether oxygens (including phenoxy) is 1. The molecule has 2 heterocycles. The first-order chi connectivity index (χ1) is 16.1. The first-order valence-corrected chi connectivity index (χ1v) is 10.6. The van der Waals surface area contributed by atoms with Crippen LogP contribution in [0.15, 0.2) is 95.2 Å². The largest absolute Gasteiger partial charge is 0.497 e. The van der Waals surface area contributed by atoms with Crippen LogP contribution in [0.1, 0.15) is 0 Å². The molecule has 0 aliphatic heterocycles. The molecule has 0 saturated carbocycles. The summed E-state index contributed by atoms with van der Waals surface area (Å²) in [6.07, 6.45) is 0. The number of anilines is 1. The highest BCUT2D eigenvalue weighted by atomic mass is 35.5. The summed E-state index contributed by atoms with van der Waals surface area (Å²) in [5.74, 6) is 1.01. The molecule has 0 saturated heterocycles. The Hall–Kier alpha value is -4.23. The van der Waals surface area contributed by atoms with E-state index in [4.69, 9.17) is 27.1 Å². The number of benzene rings is 3. The van der Waals surface area contributed by atoms with E-state index in [1.54, 1.807) is 35.9 Å². The smallest absolute Gasteiger partial charge is 0.186 e. The number of rotatable bonds is 5. The number of azo groups is 1. The third-order valence-corrected chi connectivity index (χ3v) is 5.39. The molecule has 0 spiro atoms. The minimum atomic E-state index is 0.240. The van der Waals surface area contributed by atoms with Crippen molar-refractivity contribution in [2.75, 3.05) is 12.8 Å². The standard InChI is InChI=1S/C25H19ClN6O/c1-33-20-13-7-16(8-14-20)21-15-22(17-5-3-2-4-6-17)32-25(28-21)23(24(27)31-32)30-29-19-11-9-18(26)10-12-19/h2-15H,1H3,(H2,27,31). The fourth-order valence-electron chi connectivity index (χ4n) is 3.46. The van der Waals surface area contributed by atoms with Crippen molar-refractivity contribution in [3.8, 4) is 28.3 Å². The van der Waals surface area contributed by atoms with Crippen LogP contribution in [0.25, 0.3) is 28.2 Å². The van der Waals surface area contributed by atoms with Gasteiger partial charge in [-0.1, -0.05) is 41.9 Å². The van der Waals surface area contributed by atoms with Crippen molar-refractivity contribution in [2.24, 2.45) is 10.2 Å². The molecule has 3 aromatic carbocycles. The summed E-state index contributed by atoms with van der Waals surface area (Å²) < 4.78 is 6.99. The number of fused-ring (bicyclic) bond motifs is 1. The molecule has 0 atom stereocenters. The van der Waals surface area contributed by atoms with E-state index in [1.165, 1.54) is 0 Å². The van der Waals surface area contributed by atoms with Crippen LogP contribution in [-0.4, -0.2) is 21.7 Å². The predicted molar refractivity (Wildman–Crippen MR) is 130 cm³/mol. The summed E-state index contributed by atoms with van der Waals surface area (Å²) >= 11 is 5.96. The van der Waals surface area contributed by atoms with Crippen molar-refractivity contribution in [3.05, 3.63) is 90.0 Å². The van der Waals surface area contributed by atoms with Gasteiger partial charge in [-0.3, -0.25) is 0 Å². The molecule has 8 heteroatoms.